The second kappa shape index (κ2) is 8.74. The Balaban J connectivity index is 3.23. The van der Waals surface area contributed by atoms with Crippen molar-refractivity contribution < 1.29 is 14.2 Å². The van der Waals surface area contributed by atoms with E-state index >= 15 is 0 Å². The molecule has 0 saturated heterocycles. The quantitative estimate of drug-likeness (QED) is 0.758. The number of rotatable bonds is 9. The summed E-state index contributed by atoms with van der Waals surface area (Å²) in [4.78, 5) is 2.25. The standard InChI is InChI=1S/C16H28N2O3/c1-6-7-8-18(2)13(11-17)16-14(20-4)9-12(19-3)10-15(16)21-5/h9-10,13H,6-8,11,17H2,1-5H3. The lowest BCUT2D eigenvalue weighted by Gasteiger charge is -2.30. The highest BCUT2D eigenvalue weighted by molar-refractivity contribution is 5.52. The van der Waals surface area contributed by atoms with Gasteiger partial charge in [-0.05, 0) is 20.0 Å². The number of methoxy groups -OCH3 is 3. The first-order chi connectivity index (χ1) is 10.1. The molecule has 120 valence electrons. The van der Waals surface area contributed by atoms with E-state index in [1.165, 1.54) is 0 Å². The van der Waals surface area contributed by atoms with Gasteiger partial charge in [-0.2, -0.15) is 0 Å². The van der Waals surface area contributed by atoms with E-state index in [9.17, 15) is 0 Å². The minimum atomic E-state index is 0.0485. The van der Waals surface area contributed by atoms with E-state index in [1.54, 1.807) is 21.3 Å². The molecular weight excluding hydrogens is 268 g/mol. The van der Waals surface area contributed by atoms with E-state index in [0.717, 1.165) is 36.4 Å². The number of nitrogens with two attached hydrogens (primary N) is 1. The van der Waals surface area contributed by atoms with Gasteiger partial charge < -0.3 is 19.9 Å². The number of hydrogen-bond donors (Lipinski definition) is 1. The van der Waals surface area contributed by atoms with E-state index in [2.05, 4.69) is 18.9 Å². The molecule has 0 aromatic heterocycles. The van der Waals surface area contributed by atoms with E-state index in [4.69, 9.17) is 19.9 Å². The third kappa shape index (κ3) is 4.25. The molecule has 0 radical (unpaired) electrons. The van der Waals surface area contributed by atoms with Gasteiger partial charge in [0.05, 0.1) is 32.9 Å². The van der Waals surface area contributed by atoms with Gasteiger partial charge in [-0.1, -0.05) is 13.3 Å². The molecule has 1 unspecified atom stereocenters. The van der Waals surface area contributed by atoms with Crippen molar-refractivity contribution in [3.8, 4) is 17.2 Å². The average Bonchev–Trinajstić information content (AvgIpc) is 2.53. The van der Waals surface area contributed by atoms with Gasteiger partial charge in [-0.25, -0.2) is 0 Å². The molecular formula is C16H28N2O3. The van der Waals surface area contributed by atoms with Crippen LogP contribution < -0.4 is 19.9 Å². The maximum Gasteiger partial charge on any atom is 0.131 e. The molecule has 0 spiro atoms. The third-order valence-corrected chi connectivity index (χ3v) is 3.71. The maximum absolute atomic E-state index is 6.01. The van der Waals surface area contributed by atoms with Crippen LogP contribution in [0.15, 0.2) is 12.1 Å². The summed E-state index contributed by atoms with van der Waals surface area (Å²) >= 11 is 0. The fraction of sp³-hybridized carbons (Fsp3) is 0.625. The summed E-state index contributed by atoms with van der Waals surface area (Å²) < 4.78 is 16.3. The summed E-state index contributed by atoms with van der Waals surface area (Å²) in [5.74, 6) is 2.19. The second-order valence-electron chi connectivity index (χ2n) is 5.03. The maximum atomic E-state index is 6.01. The van der Waals surface area contributed by atoms with Crippen molar-refractivity contribution in [2.75, 3.05) is 41.5 Å². The van der Waals surface area contributed by atoms with Crippen molar-refractivity contribution >= 4 is 0 Å². The summed E-state index contributed by atoms with van der Waals surface area (Å²) in [5.41, 5.74) is 6.99. The number of unbranched alkanes of at least 4 members (excludes halogenated alkanes) is 1. The molecule has 5 heteroatoms. The molecule has 1 rings (SSSR count). The van der Waals surface area contributed by atoms with Gasteiger partial charge in [-0.3, -0.25) is 4.90 Å². The predicted molar refractivity (Wildman–Crippen MR) is 85.4 cm³/mol. The van der Waals surface area contributed by atoms with Crippen molar-refractivity contribution in [3.05, 3.63) is 17.7 Å². The van der Waals surface area contributed by atoms with Gasteiger partial charge >= 0.3 is 0 Å². The summed E-state index contributed by atoms with van der Waals surface area (Å²) in [5, 5.41) is 0. The Labute approximate surface area is 128 Å². The van der Waals surface area contributed by atoms with Gasteiger partial charge in [0, 0.05) is 18.7 Å². The minimum Gasteiger partial charge on any atom is -0.496 e. The predicted octanol–water partition coefficient (Wildman–Crippen LogP) is 2.44. The van der Waals surface area contributed by atoms with Crippen molar-refractivity contribution in [1.29, 1.82) is 0 Å². The van der Waals surface area contributed by atoms with E-state index in [0.29, 0.717) is 12.3 Å². The number of likely N-dealkylation sites (N-methyl/N-ethyl adjacent to an activating group) is 1. The zero-order chi connectivity index (χ0) is 15.8. The van der Waals surface area contributed by atoms with Crippen LogP contribution in [0, 0.1) is 0 Å². The molecule has 2 N–H and O–H groups in total. The smallest absolute Gasteiger partial charge is 0.131 e. The Morgan fingerprint density at radius 1 is 1.10 bits per heavy atom. The number of ether oxygens (including phenoxy) is 3. The van der Waals surface area contributed by atoms with E-state index in [-0.39, 0.29) is 6.04 Å². The molecule has 0 fully saturated rings. The van der Waals surface area contributed by atoms with Gasteiger partial charge in [0.1, 0.15) is 17.2 Å². The Morgan fingerprint density at radius 3 is 2.05 bits per heavy atom. The topological polar surface area (TPSA) is 57.0 Å². The largest absolute Gasteiger partial charge is 0.496 e. The molecule has 0 aliphatic heterocycles. The van der Waals surface area contributed by atoms with Gasteiger partial charge in [0.15, 0.2) is 0 Å². The highest BCUT2D eigenvalue weighted by atomic mass is 16.5. The van der Waals surface area contributed by atoms with Crippen LogP contribution in [0.5, 0.6) is 17.2 Å². The Kier molecular flexibility index (Phi) is 7.32. The molecule has 1 aromatic rings. The third-order valence-electron chi connectivity index (χ3n) is 3.71. The lowest BCUT2D eigenvalue weighted by Crippen LogP contribution is -2.32. The SMILES string of the molecule is CCCCN(C)C(CN)c1c(OC)cc(OC)cc1OC. The molecule has 0 bridgehead atoms. The van der Waals surface area contributed by atoms with Crippen molar-refractivity contribution in [1.82, 2.24) is 4.90 Å². The monoisotopic (exact) mass is 296 g/mol. The van der Waals surface area contributed by atoms with Crippen LogP contribution in [0.25, 0.3) is 0 Å². The zero-order valence-electron chi connectivity index (χ0n) is 13.8. The van der Waals surface area contributed by atoms with Crippen LogP contribution in [-0.2, 0) is 0 Å². The number of benzene rings is 1. The highest BCUT2D eigenvalue weighted by Crippen LogP contribution is 2.39. The van der Waals surface area contributed by atoms with Crippen LogP contribution in [0.4, 0.5) is 0 Å². The lowest BCUT2D eigenvalue weighted by atomic mass is 10.0. The molecule has 1 aromatic carbocycles. The highest BCUT2D eigenvalue weighted by Gasteiger charge is 2.24. The molecule has 0 aliphatic carbocycles. The summed E-state index contributed by atoms with van der Waals surface area (Å²) in [7, 11) is 7.01. The number of hydrogen-bond acceptors (Lipinski definition) is 5. The van der Waals surface area contributed by atoms with E-state index < -0.39 is 0 Å². The molecule has 0 aliphatic rings. The van der Waals surface area contributed by atoms with Crippen molar-refractivity contribution in [2.24, 2.45) is 5.73 Å². The van der Waals surface area contributed by atoms with Crippen LogP contribution in [-0.4, -0.2) is 46.4 Å². The molecule has 0 saturated carbocycles. The Hall–Kier alpha value is -1.46. The Bertz CT molecular complexity index is 413. The van der Waals surface area contributed by atoms with Crippen LogP contribution in [0.3, 0.4) is 0 Å². The fourth-order valence-electron chi connectivity index (χ4n) is 2.44. The average molecular weight is 296 g/mol. The lowest BCUT2D eigenvalue weighted by molar-refractivity contribution is 0.234. The zero-order valence-corrected chi connectivity index (χ0v) is 13.8. The first kappa shape index (κ1) is 17.6. The number of nitrogens with zero attached hydrogens (tertiary/aromatic N) is 1. The summed E-state index contributed by atoms with van der Waals surface area (Å²) in [6.07, 6.45) is 2.28. The molecule has 21 heavy (non-hydrogen) atoms. The van der Waals surface area contributed by atoms with Crippen LogP contribution in [0.1, 0.15) is 31.4 Å². The first-order valence-corrected chi connectivity index (χ1v) is 7.33. The van der Waals surface area contributed by atoms with Crippen molar-refractivity contribution in [2.45, 2.75) is 25.8 Å². The van der Waals surface area contributed by atoms with E-state index in [1.807, 2.05) is 12.1 Å². The second-order valence-corrected chi connectivity index (χ2v) is 5.03. The van der Waals surface area contributed by atoms with Crippen molar-refractivity contribution in [3.63, 3.8) is 0 Å². The summed E-state index contributed by atoms with van der Waals surface area (Å²) in [6.45, 7) is 3.66. The van der Waals surface area contributed by atoms with Gasteiger partial charge in [0.2, 0.25) is 0 Å². The molecule has 0 amide bonds. The molecule has 5 nitrogen and oxygen atoms in total. The first-order valence-electron chi connectivity index (χ1n) is 7.33. The fourth-order valence-corrected chi connectivity index (χ4v) is 2.44. The van der Waals surface area contributed by atoms with Gasteiger partial charge in [0.25, 0.3) is 0 Å². The van der Waals surface area contributed by atoms with Crippen LogP contribution >= 0.6 is 0 Å². The molecule has 0 heterocycles. The van der Waals surface area contributed by atoms with Gasteiger partial charge in [-0.15, -0.1) is 0 Å². The Morgan fingerprint density at radius 2 is 1.67 bits per heavy atom. The molecule has 1 atom stereocenters. The normalized spacial score (nSPS) is 12.3. The van der Waals surface area contributed by atoms with Crippen LogP contribution in [0.2, 0.25) is 0 Å². The minimum absolute atomic E-state index is 0.0485. The summed E-state index contributed by atoms with van der Waals surface area (Å²) in [6, 6.07) is 3.79.